The van der Waals surface area contributed by atoms with Gasteiger partial charge >= 0.3 is 0 Å². The molecule has 1 aromatic carbocycles. The van der Waals surface area contributed by atoms with E-state index in [-0.39, 0.29) is 0 Å². The average Bonchev–Trinajstić information content (AvgIpc) is 2.40. The number of anilines is 2. The molecule has 0 fully saturated rings. The predicted molar refractivity (Wildman–Crippen MR) is 72.9 cm³/mol. The van der Waals surface area contributed by atoms with E-state index in [1.807, 2.05) is 18.2 Å². The molecular formula is C13H10BrN3O. The first-order valence-electron chi connectivity index (χ1n) is 5.19. The number of nitrogens with one attached hydrogen (secondary N) is 1. The van der Waals surface area contributed by atoms with Crippen molar-refractivity contribution in [2.75, 3.05) is 12.4 Å². The number of benzene rings is 1. The van der Waals surface area contributed by atoms with E-state index < -0.39 is 0 Å². The van der Waals surface area contributed by atoms with Crippen molar-refractivity contribution in [1.82, 2.24) is 4.98 Å². The number of pyridine rings is 1. The van der Waals surface area contributed by atoms with Crippen LogP contribution in [0.2, 0.25) is 0 Å². The Morgan fingerprint density at radius 2 is 2.17 bits per heavy atom. The Labute approximate surface area is 113 Å². The van der Waals surface area contributed by atoms with Crippen molar-refractivity contribution < 1.29 is 4.74 Å². The summed E-state index contributed by atoms with van der Waals surface area (Å²) in [6.07, 6.45) is 1.65. The molecule has 0 spiro atoms. The highest BCUT2D eigenvalue weighted by molar-refractivity contribution is 9.10. The highest BCUT2D eigenvalue weighted by atomic mass is 79.9. The second-order valence-electron chi connectivity index (χ2n) is 3.52. The van der Waals surface area contributed by atoms with E-state index in [0.717, 1.165) is 15.8 Å². The van der Waals surface area contributed by atoms with E-state index in [4.69, 9.17) is 10.00 Å². The summed E-state index contributed by atoms with van der Waals surface area (Å²) in [5.41, 5.74) is 2.11. The van der Waals surface area contributed by atoms with Crippen LogP contribution < -0.4 is 10.1 Å². The number of halogens is 1. The number of hydrogen-bond acceptors (Lipinski definition) is 4. The van der Waals surface area contributed by atoms with Crippen LogP contribution in [0.4, 0.5) is 11.4 Å². The van der Waals surface area contributed by atoms with Gasteiger partial charge in [-0.3, -0.25) is 0 Å². The summed E-state index contributed by atoms with van der Waals surface area (Å²) in [6, 6.07) is 11.2. The molecular weight excluding hydrogens is 294 g/mol. The minimum absolute atomic E-state index is 0.551. The first-order chi connectivity index (χ1) is 8.72. The molecule has 2 aromatic rings. The molecule has 4 nitrogen and oxygen atoms in total. The molecule has 18 heavy (non-hydrogen) atoms. The molecule has 0 aliphatic heterocycles. The summed E-state index contributed by atoms with van der Waals surface area (Å²) < 4.78 is 5.89. The second-order valence-corrected chi connectivity index (χ2v) is 4.43. The molecule has 1 heterocycles. The van der Waals surface area contributed by atoms with Crippen molar-refractivity contribution in [3.05, 3.63) is 46.6 Å². The van der Waals surface area contributed by atoms with Crippen LogP contribution in [-0.2, 0) is 0 Å². The summed E-state index contributed by atoms with van der Waals surface area (Å²) in [5, 5.41) is 12.2. The Hall–Kier alpha value is -2.06. The zero-order valence-corrected chi connectivity index (χ0v) is 11.2. The Morgan fingerprint density at radius 1 is 1.33 bits per heavy atom. The molecule has 0 bridgehead atoms. The lowest BCUT2D eigenvalue weighted by Crippen LogP contribution is -1.95. The largest absolute Gasteiger partial charge is 0.481 e. The van der Waals surface area contributed by atoms with Crippen LogP contribution in [-0.4, -0.2) is 12.1 Å². The molecule has 1 N–H and O–H groups in total. The maximum Gasteiger partial charge on any atom is 0.213 e. The topological polar surface area (TPSA) is 57.9 Å². The lowest BCUT2D eigenvalue weighted by Gasteiger charge is -2.08. The summed E-state index contributed by atoms with van der Waals surface area (Å²) >= 11 is 3.38. The van der Waals surface area contributed by atoms with E-state index in [2.05, 4.69) is 32.3 Å². The maximum absolute atomic E-state index is 9.03. The highest BCUT2D eigenvalue weighted by Gasteiger charge is 2.03. The summed E-state index contributed by atoms with van der Waals surface area (Å²) in [5.74, 6) is 0.551. The van der Waals surface area contributed by atoms with Crippen LogP contribution in [0.5, 0.6) is 5.88 Å². The third kappa shape index (κ3) is 2.79. The summed E-state index contributed by atoms with van der Waals surface area (Å²) in [7, 11) is 1.57. The molecule has 0 saturated heterocycles. The third-order valence-corrected chi connectivity index (χ3v) is 2.82. The van der Waals surface area contributed by atoms with Crippen LogP contribution >= 0.6 is 15.9 Å². The van der Waals surface area contributed by atoms with Crippen LogP contribution in [0.15, 0.2) is 41.0 Å². The molecule has 0 atom stereocenters. The van der Waals surface area contributed by atoms with Crippen LogP contribution in [0, 0.1) is 11.3 Å². The first kappa shape index (κ1) is 12.4. The van der Waals surface area contributed by atoms with Crippen molar-refractivity contribution in [3.63, 3.8) is 0 Å². The fraction of sp³-hybridized carbons (Fsp3) is 0.0769. The summed E-state index contributed by atoms with van der Waals surface area (Å²) in [6.45, 7) is 0. The lowest BCUT2D eigenvalue weighted by molar-refractivity contribution is 0.398. The van der Waals surface area contributed by atoms with Crippen molar-refractivity contribution in [1.29, 1.82) is 5.26 Å². The first-order valence-corrected chi connectivity index (χ1v) is 5.99. The quantitative estimate of drug-likeness (QED) is 0.943. The average molecular weight is 304 g/mol. The standard InChI is InChI=1S/C13H10BrN3O/c1-18-13-5-4-11(8-16-13)17-12-6-10(14)3-2-9(12)7-15/h2-6,8,17H,1H3. The Kier molecular flexibility index (Phi) is 3.80. The van der Waals surface area contributed by atoms with Crippen molar-refractivity contribution in [2.24, 2.45) is 0 Å². The zero-order valence-electron chi connectivity index (χ0n) is 9.64. The third-order valence-electron chi connectivity index (χ3n) is 2.33. The van der Waals surface area contributed by atoms with Crippen LogP contribution in [0.1, 0.15) is 5.56 Å². The van der Waals surface area contributed by atoms with Gasteiger partial charge in [0.1, 0.15) is 6.07 Å². The minimum atomic E-state index is 0.551. The fourth-order valence-electron chi connectivity index (χ4n) is 1.45. The Morgan fingerprint density at radius 3 is 2.78 bits per heavy atom. The van der Waals surface area contributed by atoms with Gasteiger partial charge in [0, 0.05) is 10.5 Å². The van der Waals surface area contributed by atoms with E-state index in [0.29, 0.717) is 11.4 Å². The van der Waals surface area contributed by atoms with Gasteiger partial charge in [0.25, 0.3) is 0 Å². The van der Waals surface area contributed by atoms with Gasteiger partial charge in [-0.15, -0.1) is 0 Å². The minimum Gasteiger partial charge on any atom is -0.481 e. The van der Waals surface area contributed by atoms with Crippen molar-refractivity contribution in [3.8, 4) is 11.9 Å². The smallest absolute Gasteiger partial charge is 0.213 e. The SMILES string of the molecule is COc1ccc(Nc2cc(Br)ccc2C#N)cn1. The number of rotatable bonds is 3. The van der Waals surface area contributed by atoms with Crippen molar-refractivity contribution >= 4 is 27.3 Å². The number of aromatic nitrogens is 1. The van der Waals surface area contributed by atoms with Crippen LogP contribution in [0.3, 0.4) is 0 Å². The van der Waals surface area contributed by atoms with Gasteiger partial charge in [-0.2, -0.15) is 5.26 Å². The van der Waals surface area contributed by atoms with Gasteiger partial charge < -0.3 is 10.1 Å². The van der Waals surface area contributed by atoms with E-state index in [9.17, 15) is 0 Å². The molecule has 0 aliphatic carbocycles. The Bertz CT molecular complexity index is 590. The van der Waals surface area contributed by atoms with Gasteiger partial charge in [-0.25, -0.2) is 4.98 Å². The zero-order chi connectivity index (χ0) is 13.0. The van der Waals surface area contributed by atoms with Gasteiger partial charge in [-0.1, -0.05) is 15.9 Å². The number of hydrogen-bond donors (Lipinski definition) is 1. The normalized spacial score (nSPS) is 9.61. The van der Waals surface area contributed by atoms with Gasteiger partial charge in [0.2, 0.25) is 5.88 Å². The maximum atomic E-state index is 9.03. The monoisotopic (exact) mass is 303 g/mol. The fourth-order valence-corrected chi connectivity index (χ4v) is 1.81. The highest BCUT2D eigenvalue weighted by Crippen LogP contribution is 2.24. The molecule has 2 rings (SSSR count). The summed E-state index contributed by atoms with van der Waals surface area (Å²) in [4.78, 5) is 4.09. The molecule has 0 amide bonds. The molecule has 0 unspecified atom stereocenters. The lowest BCUT2D eigenvalue weighted by atomic mass is 10.2. The number of nitrogens with zero attached hydrogens (tertiary/aromatic N) is 2. The number of ether oxygens (including phenoxy) is 1. The molecule has 0 aliphatic rings. The van der Waals surface area contributed by atoms with E-state index in [1.54, 1.807) is 25.4 Å². The van der Waals surface area contributed by atoms with Gasteiger partial charge in [-0.05, 0) is 24.3 Å². The molecule has 1 aromatic heterocycles. The predicted octanol–water partition coefficient (Wildman–Crippen LogP) is 3.47. The molecule has 5 heteroatoms. The van der Waals surface area contributed by atoms with E-state index in [1.165, 1.54) is 0 Å². The van der Waals surface area contributed by atoms with Crippen LogP contribution in [0.25, 0.3) is 0 Å². The molecule has 0 radical (unpaired) electrons. The number of nitriles is 1. The second kappa shape index (κ2) is 5.52. The van der Waals surface area contributed by atoms with Gasteiger partial charge in [0.15, 0.2) is 0 Å². The number of methoxy groups -OCH3 is 1. The van der Waals surface area contributed by atoms with E-state index >= 15 is 0 Å². The van der Waals surface area contributed by atoms with Crippen molar-refractivity contribution in [2.45, 2.75) is 0 Å². The molecule has 90 valence electrons. The van der Waals surface area contributed by atoms with Gasteiger partial charge in [0.05, 0.1) is 30.2 Å². The Balaban J connectivity index is 2.27. The molecule has 0 saturated carbocycles.